The minimum absolute atomic E-state index is 0.0221. The van der Waals surface area contributed by atoms with Crippen LogP contribution in [0.3, 0.4) is 0 Å². The number of anilines is 1. The zero-order valence-corrected chi connectivity index (χ0v) is 12.4. The van der Waals surface area contributed by atoms with Gasteiger partial charge < -0.3 is 15.4 Å². The predicted octanol–water partition coefficient (Wildman–Crippen LogP) is 2.18. The fourth-order valence-electron chi connectivity index (χ4n) is 1.82. The summed E-state index contributed by atoms with van der Waals surface area (Å²) in [5.41, 5.74) is 1.46. The second kappa shape index (κ2) is 9.69. The van der Waals surface area contributed by atoms with Crippen molar-refractivity contribution in [1.82, 2.24) is 5.32 Å². The quantitative estimate of drug-likeness (QED) is 0.393. The van der Waals surface area contributed by atoms with E-state index in [1.165, 1.54) is 6.92 Å². The van der Waals surface area contributed by atoms with E-state index in [-0.39, 0.29) is 18.2 Å². The lowest BCUT2D eigenvalue weighted by Crippen LogP contribution is -2.30. The number of rotatable bonds is 10. The summed E-state index contributed by atoms with van der Waals surface area (Å²) < 4.78 is 0. The molecule has 0 unspecified atom stereocenters. The zero-order chi connectivity index (χ0) is 15.5. The second-order valence-electron chi connectivity index (χ2n) is 4.85. The maximum Gasteiger partial charge on any atom is 0.239 e. The molecular weight excluding hydrogens is 268 g/mol. The van der Waals surface area contributed by atoms with Gasteiger partial charge >= 0.3 is 0 Å². The van der Waals surface area contributed by atoms with Crippen molar-refractivity contribution in [2.24, 2.45) is 0 Å². The molecular formula is C16H22N2O3. The van der Waals surface area contributed by atoms with Crippen LogP contribution in [0.5, 0.6) is 0 Å². The standard InChI is InChI=1S/C16H22N2O3/c1-13(20)14-6-8-15(9-7-14)18-12-16(21)17-10-4-2-3-5-11-19/h6-9,11,18H,2-5,10,12H2,1H3,(H,17,21). The van der Waals surface area contributed by atoms with Gasteiger partial charge in [0, 0.05) is 24.2 Å². The highest BCUT2D eigenvalue weighted by Crippen LogP contribution is 2.09. The summed E-state index contributed by atoms with van der Waals surface area (Å²) in [7, 11) is 0. The summed E-state index contributed by atoms with van der Waals surface area (Å²) in [5, 5.41) is 5.82. The number of amides is 1. The molecule has 0 heterocycles. The average Bonchev–Trinajstić information content (AvgIpc) is 2.49. The fraction of sp³-hybridized carbons (Fsp3) is 0.438. The van der Waals surface area contributed by atoms with Gasteiger partial charge in [0.05, 0.1) is 6.54 Å². The van der Waals surface area contributed by atoms with Crippen LogP contribution in [0.1, 0.15) is 43.0 Å². The molecule has 0 fully saturated rings. The molecule has 0 aliphatic carbocycles. The molecule has 0 spiro atoms. The van der Waals surface area contributed by atoms with Crippen molar-refractivity contribution < 1.29 is 14.4 Å². The van der Waals surface area contributed by atoms with Crippen molar-refractivity contribution in [2.75, 3.05) is 18.4 Å². The molecule has 1 amide bonds. The van der Waals surface area contributed by atoms with E-state index in [1.54, 1.807) is 24.3 Å². The van der Waals surface area contributed by atoms with Crippen LogP contribution >= 0.6 is 0 Å². The molecule has 1 aromatic carbocycles. The fourth-order valence-corrected chi connectivity index (χ4v) is 1.82. The molecule has 0 saturated heterocycles. The van der Waals surface area contributed by atoms with Crippen LogP contribution in [0.4, 0.5) is 5.69 Å². The molecule has 0 atom stereocenters. The summed E-state index contributed by atoms with van der Waals surface area (Å²) in [6, 6.07) is 7.03. The highest BCUT2D eigenvalue weighted by atomic mass is 16.2. The molecule has 21 heavy (non-hydrogen) atoms. The van der Waals surface area contributed by atoms with Crippen LogP contribution in [0.25, 0.3) is 0 Å². The van der Waals surface area contributed by atoms with Crippen LogP contribution in [0.15, 0.2) is 24.3 Å². The van der Waals surface area contributed by atoms with Gasteiger partial charge in [0.1, 0.15) is 6.29 Å². The van der Waals surface area contributed by atoms with Gasteiger partial charge in [-0.2, -0.15) is 0 Å². The molecule has 0 saturated carbocycles. The summed E-state index contributed by atoms with van der Waals surface area (Å²) in [6.45, 7) is 2.35. The van der Waals surface area contributed by atoms with E-state index < -0.39 is 0 Å². The number of nitrogens with one attached hydrogen (secondary N) is 2. The van der Waals surface area contributed by atoms with Crippen molar-refractivity contribution in [3.8, 4) is 0 Å². The lowest BCUT2D eigenvalue weighted by Gasteiger charge is -2.08. The van der Waals surface area contributed by atoms with Crippen LogP contribution in [-0.4, -0.2) is 31.1 Å². The van der Waals surface area contributed by atoms with E-state index in [2.05, 4.69) is 10.6 Å². The largest absolute Gasteiger partial charge is 0.376 e. The lowest BCUT2D eigenvalue weighted by atomic mass is 10.1. The van der Waals surface area contributed by atoms with Gasteiger partial charge in [-0.25, -0.2) is 0 Å². The van der Waals surface area contributed by atoms with Crippen molar-refractivity contribution >= 4 is 23.7 Å². The van der Waals surface area contributed by atoms with Gasteiger partial charge in [0.15, 0.2) is 5.78 Å². The first-order valence-corrected chi connectivity index (χ1v) is 7.18. The summed E-state index contributed by atoms with van der Waals surface area (Å²) in [5.74, 6) is -0.0464. The molecule has 0 bridgehead atoms. The highest BCUT2D eigenvalue weighted by molar-refractivity contribution is 5.94. The Labute approximate surface area is 125 Å². The molecule has 0 radical (unpaired) electrons. The Morgan fingerprint density at radius 1 is 1.10 bits per heavy atom. The minimum atomic E-state index is -0.0685. The molecule has 2 N–H and O–H groups in total. The summed E-state index contributed by atoms with van der Waals surface area (Å²) >= 11 is 0. The van der Waals surface area contributed by atoms with Crippen LogP contribution in [0.2, 0.25) is 0 Å². The zero-order valence-electron chi connectivity index (χ0n) is 12.4. The van der Waals surface area contributed by atoms with Crippen LogP contribution < -0.4 is 10.6 Å². The SMILES string of the molecule is CC(=O)c1ccc(NCC(=O)NCCCCCC=O)cc1. The first-order chi connectivity index (χ1) is 10.1. The number of carbonyl (C=O) groups excluding carboxylic acids is 3. The molecule has 0 aliphatic heterocycles. The Morgan fingerprint density at radius 2 is 1.81 bits per heavy atom. The van der Waals surface area contributed by atoms with Crippen molar-refractivity contribution in [3.05, 3.63) is 29.8 Å². The minimum Gasteiger partial charge on any atom is -0.376 e. The third kappa shape index (κ3) is 7.25. The molecule has 0 aliphatic rings. The first kappa shape index (κ1) is 16.9. The monoisotopic (exact) mass is 290 g/mol. The Balaban J connectivity index is 2.17. The van der Waals surface area contributed by atoms with Gasteiger partial charge in [0.25, 0.3) is 0 Å². The summed E-state index contributed by atoms with van der Waals surface area (Å²) in [4.78, 5) is 32.9. The molecule has 0 aromatic heterocycles. The first-order valence-electron chi connectivity index (χ1n) is 7.18. The van der Waals surface area contributed by atoms with Gasteiger partial charge in [-0.3, -0.25) is 9.59 Å². The van der Waals surface area contributed by atoms with Crippen LogP contribution in [0, 0.1) is 0 Å². The molecule has 1 aromatic rings. The van der Waals surface area contributed by atoms with E-state index in [4.69, 9.17) is 0 Å². The third-order valence-corrected chi connectivity index (χ3v) is 3.07. The molecule has 5 heteroatoms. The van der Waals surface area contributed by atoms with E-state index in [1.807, 2.05) is 0 Å². The smallest absolute Gasteiger partial charge is 0.239 e. The van der Waals surface area contributed by atoms with Crippen molar-refractivity contribution in [2.45, 2.75) is 32.6 Å². The number of carbonyl (C=O) groups is 3. The Morgan fingerprint density at radius 3 is 2.43 bits per heavy atom. The topological polar surface area (TPSA) is 75.3 Å². The second-order valence-corrected chi connectivity index (χ2v) is 4.85. The van der Waals surface area contributed by atoms with E-state index >= 15 is 0 Å². The van der Waals surface area contributed by atoms with Gasteiger partial charge in [-0.1, -0.05) is 6.42 Å². The van der Waals surface area contributed by atoms with E-state index in [0.29, 0.717) is 18.5 Å². The molecule has 1 rings (SSSR count). The number of hydrogen-bond donors (Lipinski definition) is 2. The van der Waals surface area contributed by atoms with Gasteiger partial charge in [-0.15, -0.1) is 0 Å². The maximum absolute atomic E-state index is 11.6. The van der Waals surface area contributed by atoms with Crippen molar-refractivity contribution in [1.29, 1.82) is 0 Å². The van der Waals surface area contributed by atoms with Gasteiger partial charge in [0.2, 0.25) is 5.91 Å². The van der Waals surface area contributed by atoms with E-state index in [0.717, 1.165) is 31.2 Å². The maximum atomic E-state index is 11.6. The van der Waals surface area contributed by atoms with Crippen molar-refractivity contribution in [3.63, 3.8) is 0 Å². The summed E-state index contributed by atoms with van der Waals surface area (Å²) in [6.07, 6.45) is 4.21. The van der Waals surface area contributed by atoms with Crippen LogP contribution in [-0.2, 0) is 9.59 Å². The number of unbranched alkanes of at least 4 members (excludes halogenated alkanes) is 3. The average molecular weight is 290 g/mol. The van der Waals surface area contributed by atoms with Gasteiger partial charge in [-0.05, 0) is 44.0 Å². The number of benzene rings is 1. The number of aldehydes is 1. The molecule has 5 nitrogen and oxygen atoms in total. The number of ketones is 1. The number of Topliss-reactive ketones (excluding diaryl/α,β-unsaturated/α-hetero) is 1. The highest BCUT2D eigenvalue weighted by Gasteiger charge is 2.02. The lowest BCUT2D eigenvalue weighted by molar-refractivity contribution is -0.119. The molecule has 114 valence electrons. The predicted molar refractivity (Wildman–Crippen MR) is 82.5 cm³/mol. The Hall–Kier alpha value is -2.17. The van der Waals surface area contributed by atoms with E-state index in [9.17, 15) is 14.4 Å². The third-order valence-electron chi connectivity index (χ3n) is 3.07. The number of hydrogen-bond acceptors (Lipinski definition) is 4. The normalized spacial score (nSPS) is 9.95. The Kier molecular flexibility index (Phi) is 7.79. The Bertz CT molecular complexity index is 469.